The lowest BCUT2D eigenvalue weighted by molar-refractivity contribution is -0.121. The monoisotopic (exact) mass is 454 g/mol. The van der Waals surface area contributed by atoms with E-state index in [0.29, 0.717) is 23.7 Å². The number of hydrogen-bond donors (Lipinski definition) is 2. The normalized spacial score (nSPS) is 14.5. The number of aromatic amines is 1. The van der Waals surface area contributed by atoms with E-state index >= 15 is 0 Å². The number of benzene rings is 2. The predicted molar refractivity (Wildman–Crippen MR) is 123 cm³/mol. The summed E-state index contributed by atoms with van der Waals surface area (Å²) in [6.45, 7) is 4.89. The van der Waals surface area contributed by atoms with Crippen molar-refractivity contribution in [3.05, 3.63) is 52.3 Å². The Morgan fingerprint density at radius 3 is 2.84 bits per heavy atom. The van der Waals surface area contributed by atoms with Gasteiger partial charge in [-0.1, -0.05) is 0 Å². The molecule has 0 spiro atoms. The number of nitrogens with zero attached hydrogens (tertiary/aromatic N) is 2. The summed E-state index contributed by atoms with van der Waals surface area (Å²) < 4.78 is 18.9. The molecule has 2 heterocycles. The van der Waals surface area contributed by atoms with Crippen molar-refractivity contribution in [1.82, 2.24) is 20.1 Å². The molecule has 32 heavy (non-hydrogen) atoms. The SMILES string of the molecule is CCOc1cc2c(cc1CNC(=O)Cn1c(-c3ccc(OC)cc3)n[nH]c1=S)OC(C)C2. The van der Waals surface area contributed by atoms with Crippen LogP contribution in [0.2, 0.25) is 0 Å². The first-order valence-electron chi connectivity index (χ1n) is 10.5. The lowest BCUT2D eigenvalue weighted by Gasteiger charge is -2.14. The van der Waals surface area contributed by atoms with Gasteiger partial charge in [0.25, 0.3) is 0 Å². The zero-order valence-electron chi connectivity index (χ0n) is 18.3. The van der Waals surface area contributed by atoms with Gasteiger partial charge in [0, 0.05) is 29.7 Å². The molecule has 1 atom stereocenters. The Kier molecular flexibility index (Phi) is 6.45. The van der Waals surface area contributed by atoms with E-state index in [1.165, 1.54) is 0 Å². The third kappa shape index (κ3) is 4.62. The molecule has 2 N–H and O–H groups in total. The van der Waals surface area contributed by atoms with E-state index in [9.17, 15) is 4.79 Å². The summed E-state index contributed by atoms with van der Waals surface area (Å²) in [7, 11) is 1.61. The quantitative estimate of drug-likeness (QED) is 0.505. The summed E-state index contributed by atoms with van der Waals surface area (Å²) >= 11 is 5.34. The van der Waals surface area contributed by atoms with E-state index in [1.54, 1.807) is 11.7 Å². The number of hydrogen-bond acceptors (Lipinski definition) is 6. The van der Waals surface area contributed by atoms with Gasteiger partial charge in [0.15, 0.2) is 10.6 Å². The number of aromatic nitrogens is 3. The average molecular weight is 455 g/mol. The van der Waals surface area contributed by atoms with Crippen molar-refractivity contribution in [3.8, 4) is 28.6 Å². The highest BCUT2D eigenvalue weighted by Crippen LogP contribution is 2.35. The third-order valence-corrected chi connectivity index (χ3v) is 5.57. The molecule has 0 fully saturated rings. The Balaban J connectivity index is 1.48. The van der Waals surface area contributed by atoms with Crippen LogP contribution in [-0.2, 0) is 24.3 Å². The molecule has 1 aliphatic heterocycles. The molecule has 8 nitrogen and oxygen atoms in total. The van der Waals surface area contributed by atoms with Gasteiger partial charge in [0.1, 0.15) is 29.9 Å². The molecule has 4 rings (SSSR count). The predicted octanol–water partition coefficient (Wildman–Crippen LogP) is 3.65. The molecule has 1 aromatic heterocycles. The van der Waals surface area contributed by atoms with Gasteiger partial charge in [-0.2, -0.15) is 5.10 Å². The molecule has 9 heteroatoms. The highest BCUT2D eigenvalue weighted by atomic mass is 32.1. The number of ether oxygens (including phenoxy) is 3. The third-order valence-electron chi connectivity index (χ3n) is 5.26. The number of carbonyl (C=O) groups is 1. The van der Waals surface area contributed by atoms with E-state index < -0.39 is 0 Å². The van der Waals surface area contributed by atoms with Crippen molar-refractivity contribution in [2.24, 2.45) is 0 Å². The number of carbonyl (C=O) groups excluding carboxylic acids is 1. The Hall–Kier alpha value is -3.33. The molecular weight excluding hydrogens is 428 g/mol. The van der Waals surface area contributed by atoms with E-state index in [1.807, 2.05) is 50.2 Å². The number of nitrogens with one attached hydrogen (secondary N) is 2. The van der Waals surface area contributed by atoms with Gasteiger partial charge in [0.05, 0.1) is 13.7 Å². The standard InChI is InChI=1S/C23H26N4O4S/c1-4-30-19-10-16-9-14(2)31-20(16)11-17(19)12-24-21(28)13-27-22(25-26-23(27)32)15-5-7-18(29-3)8-6-15/h5-8,10-11,14H,4,9,12-13H2,1-3H3,(H,24,28)(H,26,32). The van der Waals surface area contributed by atoms with Crippen LogP contribution >= 0.6 is 12.2 Å². The first-order chi connectivity index (χ1) is 15.5. The molecule has 1 unspecified atom stereocenters. The fourth-order valence-corrected chi connectivity index (χ4v) is 3.92. The number of H-pyrrole nitrogens is 1. The molecule has 0 bridgehead atoms. The smallest absolute Gasteiger partial charge is 0.240 e. The maximum Gasteiger partial charge on any atom is 0.240 e. The van der Waals surface area contributed by atoms with Gasteiger partial charge in [-0.25, -0.2) is 0 Å². The highest BCUT2D eigenvalue weighted by molar-refractivity contribution is 7.71. The van der Waals surface area contributed by atoms with Gasteiger partial charge in [0.2, 0.25) is 5.91 Å². The van der Waals surface area contributed by atoms with Crippen LogP contribution in [0, 0.1) is 4.77 Å². The van der Waals surface area contributed by atoms with Gasteiger partial charge >= 0.3 is 0 Å². The lowest BCUT2D eigenvalue weighted by atomic mass is 10.1. The fraction of sp³-hybridized carbons (Fsp3) is 0.348. The van der Waals surface area contributed by atoms with Crippen LogP contribution in [0.3, 0.4) is 0 Å². The Labute approximate surface area is 191 Å². The number of rotatable bonds is 8. The van der Waals surface area contributed by atoms with Gasteiger partial charge in [-0.05, 0) is 62.5 Å². The van der Waals surface area contributed by atoms with Crippen LogP contribution in [0.15, 0.2) is 36.4 Å². The van der Waals surface area contributed by atoms with E-state index in [4.69, 9.17) is 26.4 Å². The first-order valence-corrected chi connectivity index (χ1v) is 10.9. The molecule has 0 saturated heterocycles. The summed E-state index contributed by atoms with van der Waals surface area (Å²) in [4.78, 5) is 12.8. The number of methoxy groups -OCH3 is 1. The van der Waals surface area contributed by atoms with Crippen molar-refractivity contribution in [2.75, 3.05) is 13.7 Å². The van der Waals surface area contributed by atoms with E-state index in [0.717, 1.165) is 40.4 Å². The molecule has 0 radical (unpaired) electrons. The molecule has 2 aromatic carbocycles. The second-order valence-electron chi connectivity index (χ2n) is 7.58. The maximum atomic E-state index is 12.8. The molecule has 0 aliphatic carbocycles. The van der Waals surface area contributed by atoms with Crippen LogP contribution in [0.25, 0.3) is 11.4 Å². The zero-order valence-corrected chi connectivity index (χ0v) is 19.1. The lowest BCUT2D eigenvalue weighted by Crippen LogP contribution is -2.27. The Bertz CT molecular complexity index is 1170. The summed E-state index contributed by atoms with van der Waals surface area (Å²) in [6.07, 6.45) is 0.998. The van der Waals surface area contributed by atoms with Crippen LogP contribution in [0.1, 0.15) is 25.0 Å². The summed E-state index contributed by atoms with van der Waals surface area (Å²) in [5.41, 5.74) is 2.83. The minimum atomic E-state index is -0.186. The Morgan fingerprint density at radius 1 is 1.34 bits per heavy atom. The molecule has 0 saturated carbocycles. The van der Waals surface area contributed by atoms with Crippen molar-refractivity contribution in [3.63, 3.8) is 0 Å². The first kappa shape index (κ1) is 21.9. The Morgan fingerprint density at radius 2 is 2.12 bits per heavy atom. The molecule has 168 valence electrons. The summed E-state index contributed by atoms with van der Waals surface area (Å²) in [6, 6.07) is 11.4. The van der Waals surface area contributed by atoms with Gasteiger partial charge in [-0.15, -0.1) is 0 Å². The summed E-state index contributed by atoms with van der Waals surface area (Å²) in [5.74, 6) is 2.76. The molecule has 1 aliphatic rings. The van der Waals surface area contributed by atoms with E-state index in [2.05, 4.69) is 15.5 Å². The van der Waals surface area contributed by atoms with Crippen molar-refractivity contribution < 1.29 is 19.0 Å². The number of amides is 1. The fourth-order valence-electron chi connectivity index (χ4n) is 3.73. The average Bonchev–Trinajstić information content (AvgIpc) is 3.33. The summed E-state index contributed by atoms with van der Waals surface area (Å²) in [5, 5.41) is 10.0. The molecule has 1 amide bonds. The highest BCUT2D eigenvalue weighted by Gasteiger charge is 2.22. The topological polar surface area (TPSA) is 90.4 Å². The minimum absolute atomic E-state index is 0.0408. The van der Waals surface area contributed by atoms with Gasteiger partial charge in [-0.3, -0.25) is 14.5 Å². The van der Waals surface area contributed by atoms with Crippen LogP contribution in [0.4, 0.5) is 0 Å². The second kappa shape index (κ2) is 9.44. The van der Waals surface area contributed by atoms with Gasteiger partial charge < -0.3 is 19.5 Å². The maximum absolute atomic E-state index is 12.8. The molecule has 3 aromatic rings. The van der Waals surface area contributed by atoms with Crippen molar-refractivity contribution in [2.45, 2.75) is 39.5 Å². The van der Waals surface area contributed by atoms with Crippen molar-refractivity contribution >= 4 is 18.1 Å². The largest absolute Gasteiger partial charge is 0.497 e. The van der Waals surface area contributed by atoms with Crippen LogP contribution in [0.5, 0.6) is 17.2 Å². The van der Waals surface area contributed by atoms with E-state index in [-0.39, 0.29) is 18.6 Å². The van der Waals surface area contributed by atoms with Crippen LogP contribution in [-0.4, -0.2) is 40.5 Å². The van der Waals surface area contributed by atoms with Crippen LogP contribution < -0.4 is 19.5 Å². The minimum Gasteiger partial charge on any atom is -0.497 e. The zero-order chi connectivity index (χ0) is 22.7. The second-order valence-corrected chi connectivity index (χ2v) is 7.96. The molecular formula is C23H26N4O4S. The van der Waals surface area contributed by atoms with Crippen molar-refractivity contribution in [1.29, 1.82) is 0 Å². The number of fused-ring (bicyclic) bond motifs is 1.